The van der Waals surface area contributed by atoms with Gasteiger partial charge in [-0.2, -0.15) is 0 Å². The van der Waals surface area contributed by atoms with E-state index >= 15 is 0 Å². The number of nitrogens with two attached hydrogens (primary N) is 1. The molecule has 1 fully saturated rings. The number of piperidine rings is 1. The fourth-order valence-electron chi connectivity index (χ4n) is 2.85. The predicted molar refractivity (Wildman–Crippen MR) is 85.4 cm³/mol. The van der Waals surface area contributed by atoms with E-state index in [0.717, 1.165) is 19.6 Å². The van der Waals surface area contributed by atoms with E-state index in [2.05, 4.69) is 57.0 Å². The fraction of sp³-hybridized carbons (Fsp3) is 0.647. The number of hydrogen-bond donors (Lipinski definition) is 1. The van der Waals surface area contributed by atoms with Gasteiger partial charge in [0.25, 0.3) is 0 Å². The van der Waals surface area contributed by atoms with Crippen LogP contribution in [0.3, 0.4) is 0 Å². The van der Waals surface area contributed by atoms with Crippen molar-refractivity contribution in [3.63, 3.8) is 0 Å². The number of nitrogens with zero attached hydrogens (tertiary/aromatic N) is 2. The highest BCUT2D eigenvalue weighted by Gasteiger charge is 2.21. The summed E-state index contributed by atoms with van der Waals surface area (Å²) in [6.07, 6.45) is 2.35. The van der Waals surface area contributed by atoms with Crippen LogP contribution in [0.2, 0.25) is 0 Å². The molecule has 1 aromatic carbocycles. The summed E-state index contributed by atoms with van der Waals surface area (Å²) in [4.78, 5) is 2.47. The number of rotatable bonds is 3. The first-order valence-electron chi connectivity index (χ1n) is 7.65. The van der Waals surface area contributed by atoms with Gasteiger partial charge in [0.2, 0.25) is 0 Å². The summed E-state index contributed by atoms with van der Waals surface area (Å²) in [6.45, 7) is 9.83. The highest BCUT2D eigenvalue weighted by Crippen LogP contribution is 2.23. The topological polar surface area (TPSA) is 32.5 Å². The molecule has 1 aliphatic rings. The average Bonchev–Trinajstić information content (AvgIpc) is 2.39. The van der Waals surface area contributed by atoms with Gasteiger partial charge in [0, 0.05) is 25.7 Å². The Morgan fingerprint density at radius 3 is 2.20 bits per heavy atom. The maximum absolute atomic E-state index is 5.82. The minimum absolute atomic E-state index is 0.235. The van der Waals surface area contributed by atoms with E-state index in [1.54, 1.807) is 0 Å². The first kappa shape index (κ1) is 15.5. The van der Waals surface area contributed by atoms with E-state index < -0.39 is 0 Å². The Labute approximate surface area is 123 Å². The van der Waals surface area contributed by atoms with Crippen LogP contribution in [0.4, 0.5) is 0 Å². The first-order valence-corrected chi connectivity index (χ1v) is 7.65. The Kier molecular flexibility index (Phi) is 4.84. The Balaban J connectivity index is 1.93. The zero-order chi connectivity index (χ0) is 14.8. The highest BCUT2D eigenvalue weighted by atomic mass is 15.4. The van der Waals surface area contributed by atoms with Crippen LogP contribution in [0.1, 0.15) is 44.7 Å². The molecule has 1 saturated heterocycles. The average molecular weight is 275 g/mol. The Hall–Kier alpha value is -0.900. The first-order chi connectivity index (χ1) is 9.36. The summed E-state index contributed by atoms with van der Waals surface area (Å²) >= 11 is 0. The zero-order valence-corrected chi connectivity index (χ0v) is 13.4. The van der Waals surface area contributed by atoms with Gasteiger partial charge < -0.3 is 0 Å². The highest BCUT2D eigenvalue weighted by molar-refractivity contribution is 5.27. The molecular weight excluding hydrogens is 246 g/mol. The number of hydrazine groups is 1. The van der Waals surface area contributed by atoms with Crippen molar-refractivity contribution in [1.82, 2.24) is 9.91 Å². The van der Waals surface area contributed by atoms with Gasteiger partial charge in [-0.15, -0.1) is 0 Å². The molecule has 0 bridgehead atoms. The molecule has 112 valence electrons. The SMILES string of the molecule is CN(Cc1ccc(C(C)(C)C)cc1)C1CCN(N)CC1. The van der Waals surface area contributed by atoms with Gasteiger partial charge in [0.15, 0.2) is 0 Å². The molecule has 20 heavy (non-hydrogen) atoms. The zero-order valence-electron chi connectivity index (χ0n) is 13.4. The quantitative estimate of drug-likeness (QED) is 0.861. The van der Waals surface area contributed by atoms with Crippen LogP contribution < -0.4 is 5.84 Å². The summed E-state index contributed by atoms with van der Waals surface area (Å²) in [5.74, 6) is 5.82. The van der Waals surface area contributed by atoms with Gasteiger partial charge in [-0.3, -0.25) is 10.7 Å². The Bertz CT molecular complexity index is 411. The normalized spacial score (nSPS) is 18.7. The van der Waals surface area contributed by atoms with E-state index in [4.69, 9.17) is 5.84 Å². The van der Waals surface area contributed by atoms with E-state index in [1.807, 2.05) is 5.01 Å². The third kappa shape index (κ3) is 4.05. The van der Waals surface area contributed by atoms with Gasteiger partial charge in [0.05, 0.1) is 0 Å². The van der Waals surface area contributed by atoms with Crippen molar-refractivity contribution < 1.29 is 0 Å². The van der Waals surface area contributed by atoms with Crippen molar-refractivity contribution in [3.05, 3.63) is 35.4 Å². The lowest BCUT2D eigenvalue weighted by molar-refractivity contribution is 0.124. The standard InChI is InChI=1S/C17H29N3/c1-17(2,3)15-7-5-14(6-8-15)13-19(4)16-9-11-20(18)12-10-16/h5-8,16H,9-13,18H2,1-4H3. The van der Waals surface area contributed by atoms with E-state index in [9.17, 15) is 0 Å². The fourth-order valence-corrected chi connectivity index (χ4v) is 2.85. The van der Waals surface area contributed by atoms with Gasteiger partial charge in [0.1, 0.15) is 0 Å². The summed E-state index contributed by atoms with van der Waals surface area (Å²) in [7, 11) is 2.23. The second-order valence-electron chi connectivity index (χ2n) is 7.13. The van der Waals surface area contributed by atoms with Crippen LogP contribution in [0.5, 0.6) is 0 Å². The van der Waals surface area contributed by atoms with Crippen molar-refractivity contribution in [2.45, 2.75) is 51.6 Å². The molecule has 3 nitrogen and oxygen atoms in total. The largest absolute Gasteiger partial charge is 0.299 e. The molecular formula is C17H29N3. The van der Waals surface area contributed by atoms with Crippen molar-refractivity contribution in [1.29, 1.82) is 0 Å². The molecule has 1 aromatic rings. The van der Waals surface area contributed by atoms with Gasteiger partial charge >= 0.3 is 0 Å². The minimum Gasteiger partial charge on any atom is -0.299 e. The molecule has 0 amide bonds. The number of hydrogen-bond acceptors (Lipinski definition) is 3. The third-order valence-corrected chi connectivity index (χ3v) is 4.37. The molecule has 1 aliphatic heterocycles. The molecule has 0 spiro atoms. The summed E-state index contributed by atoms with van der Waals surface area (Å²) < 4.78 is 0. The van der Waals surface area contributed by atoms with Crippen molar-refractivity contribution in [2.75, 3.05) is 20.1 Å². The monoisotopic (exact) mass is 275 g/mol. The maximum atomic E-state index is 5.82. The molecule has 0 aromatic heterocycles. The summed E-state index contributed by atoms with van der Waals surface area (Å²) in [5.41, 5.74) is 3.04. The molecule has 0 saturated carbocycles. The molecule has 0 unspecified atom stereocenters. The van der Waals surface area contributed by atoms with Crippen LogP contribution >= 0.6 is 0 Å². The van der Waals surface area contributed by atoms with Gasteiger partial charge in [-0.25, -0.2) is 5.01 Å². The summed E-state index contributed by atoms with van der Waals surface area (Å²) in [5, 5.41) is 1.93. The van der Waals surface area contributed by atoms with E-state index in [0.29, 0.717) is 6.04 Å². The lowest BCUT2D eigenvalue weighted by Gasteiger charge is -2.34. The Morgan fingerprint density at radius 1 is 1.15 bits per heavy atom. The van der Waals surface area contributed by atoms with Crippen LogP contribution in [0.15, 0.2) is 24.3 Å². The lowest BCUT2D eigenvalue weighted by Crippen LogP contribution is -2.45. The van der Waals surface area contributed by atoms with Crippen LogP contribution in [-0.4, -0.2) is 36.1 Å². The molecule has 0 aliphatic carbocycles. The second kappa shape index (κ2) is 6.25. The second-order valence-corrected chi connectivity index (χ2v) is 7.13. The molecule has 0 radical (unpaired) electrons. The van der Waals surface area contributed by atoms with Gasteiger partial charge in [-0.05, 0) is 36.4 Å². The van der Waals surface area contributed by atoms with Crippen LogP contribution in [-0.2, 0) is 12.0 Å². The minimum atomic E-state index is 0.235. The predicted octanol–water partition coefficient (Wildman–Crippen LogP) is 2.75. The van der Waals surface area contributed by atoms with Crippen LogP contribution in [0, 0.1) is 0 Å². The molecule has 3 heteroatoms. The molecule has 2 rings (SSSR count). The molecule has 1 heterocycles. The summed E-state index contributed by atoms with van der Waals surface area (Å²) in [6, 6.07) is 9.75. The van der Waals surface area contributed by atoms with E-state index in [1.165, 1.54) is 24.0 Å². The third-order valence-electron chi connectivity index (χ3n) is 4.37. The molecule has 2 N–H and O–H groups in total. The van der Waals surface area contributed by atoms with Crippen molar-refractivity contribution >= 4 is 0 Å². The van der Waals surface area contributed by atoms with Crippen LogP contribution in [0.25, 0.3) is 0 Å². The molecule has 0 atom stereocenters. The van der Waals surface area contributed by atoms with Crippen molar-refractivity contribution in [3.8, 4) is 0 Å². The number of benzene rings is 1. The van der Waals surface area contributed by atoms with Crippen molar-refractivity contribution in [2.24, 2.45) is 5.84 Å². The smallest absolute Gasteiger partial charge is 0.0233 e. The maximum Gasteiger partial charge on any atom is 0.0233 e. The lowest BCUT2D eigenvalue weighted by atomic mass is 9.86. The van der Waals surface area contributed by atoms with E-state index in [-0.39, 0.29) is 5.41 Å². The Morgan fingerprint density at radius 2 is 1.70 bits per heavy atom. The van der Waals surface area contributed by atoms with Gasteiger partial charge in [-0.1, -0.05) is 45.0 Å².